The molecule has 1 aromatic heterocycles. The van der Waals surface area contributed by atoms with Crippen LogP contribution in [0.1, 0.15) is 44.1 Å². The number of anilines is 1. The summed E-state index contributed by atoms with van der Waals surface area (Å²) in [7, 11) is 0. The zero-order valence-electron chi connectivity index (χ0n) is 11.0. The number of halogens is 1. The summed E-state index contributed by atoms with van der Waals surface area (Å²) in [4.78, 5) is 7.24. The van der Waals surface area contributed by atoms with Crippen molar-refractivity contribution in [2.45, 2.75) is 51.5 Å². The fourth-order valence-corrected chi connectivity index (χ4v) is 4.17. The zero-order valence-corrected chi connectivity index (χ0v) is 12.6. The lowest BCUT2D eigenvalue weighted by Crippen LogP contribution is -2.35. The van der Waals surface area contributed by atoms with Crippen LogP contribution in [0.4, 0.5) is 5.82 Å². The maximum atomic E-state index is 4.66. The first kappa shape index (κ1) is 12.5. The van der Waals surface area contributed by atoms with E-state index < -0.39 is 0 Å². The average molecular weight is 309 g/mol. The molecule has 1 atom stereocenters. The molecular weight excluding hydrogens is 288 g/mol. The topological polar surface area (TPSA) is 16.1 Å². The van der Waals surface area contributed by atoms with Gasteiger partial charge in [0.1, 0.15) is 5.82 Å². The molecule has 2 heterocycles. The van der Waals surface area contributed by atoms with Crippen molar-refractivity contribution >= 4 is 21.7 Å². The molecule has 0 bridgehead atoms. The van der Waals surface area contributed by atoms with Gasteiger partial charge in [-0.15, -0.1) is 0 Å². The highest BCUT2D eigenvalue weighted by Crippen LogP contribution is 2.38. The predicted molar refractivity (Wildman–Crippen MR) is 79.0 cm³/mol. The second-order valence-electron chi connectivity index (χ2n) is 5.74. The van der Waals surface area contributed by atoms with E-state index in [1.54, 1.807) is 0 Å². The molecule has 1 unspecified atom stereocenters. The van der Waals surface area contributed by atoms with Crippen molar-refractivity contribution in [1.82, 2.24) is 4.98 Å². The van der Waals surface area contributed by atoms with Gasteiger partial charge in [0.25, 0.3) is 0 Å². The van der Waals surface area contributed by atoms with E-state index >= 15 is 0 Å². The molecule has 0 radical (unpaired) electrons. The Kier molecular flexibility index (Phi) is 3.60. The van der Waals surface area contributed by atoms with Crippen molar-refractivity contribution in [3.8, 4) is 0 Å². The van der Waals surface area contributed by atoms with Gasteiger partial charge in [0, 0.05) is 23.3 Å². The van der Waals surface area contributed by atoms with Gasteiger partial charge in [0.05, 0.1) is 0 Å². The van der Waals surface area contributed by atoms with Gasteiger partial charge in [-0.25, -0.2) is 4.98 Å². The van der Waals surface area contributed by atoms with E-state index in [-0.39, 0.29) is 0 Å². The minimum absolute atomic E-state index is 0.750. The predicted octanol–water partition coefficient (Wildman–Crippen LogP) is 4.31. The van der Waals surface area contributed by atoms with Gasteiger partial charge in [0.15, 0.2) is 0 Å². The Hall–Kier alpha value is -0.570. The molecule has 0 N–H and O–H groups in total. The number of nitrogens with zero attached hydrogens (tertiary/aromatic N) is 2. The third kappa shape index (κ3) is 2.29. The molecule has 0 spiro atoms. The van der Waals surface area contributed by atoms with Crippen molar-refractivity contribution in [2.75, 3.05) is 11.4 Å². The fraction of sp³-hybridized carbons (Fsp3) is 0.667. The molecule has 0 aromatic carbocycles. The first-order valence-electron chi connectivity index (χ1n) is 7.14. The van der Waals surface area contributed by atoms with Crippen LogP contribution in [-0.4, -0.2) is 17.6 Å². The third-order valence-corrected chi connectivity index (χ3v) is 4.97. The quantitative estimate of drug-likeness (QED) is 0.809. The summed E-state index contributed by atoms with van der Waals surface area (Å²) in [6, 6.07) is 2.94. The molecule has 2 fully saturated rings. The molecule has 1 saturated carbocycles. The fourth-order valence-electron chi connectivity index (χ4n) is 3.72. The van der Waals surface area contributed by atoms with E-state index in [0.29, 0.717) is 0 Å². The van der Waals surface area contributed by atoms with E-state index in [2.05, 4.69) is 38.8 Å². The van der Waals surface area contributed by atoms with Gasteiger partial charge >= 0.3 is 0 Å². The smallest absolute Gasteiger partial charge is 0.131 e. The molecule has 2 nitrogen and oxygen atoms in total. The van der Waals surface area contributed by atoms with Crippen LogP contribution in [0.5, 0.6) is 0 Å². The summed E-state index contributed by atoms with van der Waals surface area (Å²) in [5.74, 6) is 2.13. The minimum Gasteiger partial charge on any atom is -0.353 e. The SMILES string of the molecule is Cc1cc(Br)cnc1N1CCCC1C1CCCC1. The Labute approximate surface area is 118 Å². The molecule has 3 heteroatoms. The van der Waals surface area contributed by atoms with Crippen LogP contribution < -0.4 is 4.90 Å². The second-order valence-corrected chi connectivity index (χ2v) is 6.66. The summed E-state index contributed by atoms with van der Waals surface area (Å²) in [5, 5.41) is 0. The largest absolute Gasteiger partial charge is 0.353 e. The van der Waals surface area contributed by atoms with Gasteiger partial charge in [0.2, 0.25) is 0 Å². The van der Waals surface area contributed by atoms with Crippen molar-refractivity contribution in [3.05, 3.63) is 22.3 Å². The first-order valence-corrected chi connectivity index (χ1v) is 7.94. The van der Waals surface area contributed by atoms with E-state index in [4.69, 9.17) is 0 Å². The van der Waals surface area contributed by atoms with E-state index in [9.17, 15) is 0 Å². The lowest BCUT2D eigenvalue weighted by atomic mass is 9.96. The molecule has 1 saturated heterocycles. The van der Waals surface area contributed by atoms with Crippen molar-refractivity contribution in [3.63, 3.8) is 0 Å². The molecule has 3 rings (SSSR count). The van der Waals surface area contributed by atoms with Crippen LogP contribution in [-0.2, 0) is 0 Å². The molecule has 98 valence electrons. The summed E-state index contributed by atoms with van der Waals surface area (Å²) < 4.78 is 1.08. The highest BCUT2D eigenvalue weighted by Gasteiger charge is 2.34. The highest BCUT2D eigenvalue weighted by molar-refractivity contribution is 9.10. The number of aryl methyl sites for hydroxylation is 1. The average Bonchev–Trinajstić information content (AvgIpc) is 2.98. The molecular formula is C15H21BrN2. The summed E-state index contributed by atoms with van der Waals surface area (Å²) in [6.07, 6.45) is 10.4. The number of hydrogen-bond donors (Lipinski definition) is 0. The molecule has 18 heavy (non-hydrogen) atoms. The van der Waals surface area contributed by atoms with Gasteiger partial charge in [-0.3, -0.25) is 0 Å². The van der Waals surface area contributed by atoms with Crippen LogP contribution in [0.3, 0.4) is 0 Å². The Morgan fingerprint density at radius 3 is 2.72 bits per heavy atom. The minimum atomic E-state index is 0.750. The maximum absolute atomic E-state index is 4.66. The molecule has 2 aliphatic rings. The normalized spacial score (nSPS) is 25.0. The lowest BCUT2D eigenvalue weighted by Gasteiger charge is -2.31. The number of hydrogen-bond acceptors (Lipinski definition) is 2. The van der Waals surface area contributed by atoms with Gasteiger partial charge in [-0.1, -0.05) is 12.8 Å². The molecule has 1 aliphatic heterocycles. The standard InChI is InChI=1S/C15H21BrN2/c1-11-9-13(16)10-17-15(11)18-8-4-7-14(18)12-5-2-3-6-12/h9-10,12,14H,2-8H2,1H3. The monoisotopic (exact) mass is 308 g/mol. The molecule has 1 aromatic rings. The first-order chi connectivity index (χ1) is 8.75. The van der Waals surface area contributed by atoms with Gasteiger partial charge in [-0.05, 0) is 66.1 Å². The number of rotatable bonds is 2. The highest BCUT2D eigenvalue weighted by atomic mass is 79.9. The summed E-state index contributed by atoms with van der Waals surface area (Å²) >= 11 is 3.51. The van der Waals surface area contributed by atoms with Gasteiger partial charge < -0.3 is 4.90 Å². The number of pyridine rings is 1. The van der Waals surface area contributed by atoms with Crippen LogP contribution in [0.15, 0.2) is 16.7 Å². The van der Waals surface area contributed by atoms with E-state index in [1.165, 1.54) is 56.5 Å². The van der Waals surface area contributed by atoms with Crippen LogP contribution in [0, 0.1) is 12.8 Å². The van der Waals surface area contributed by atoms with Gasteiger partial charge in [-0.2, -0.15) is 0 Å². The van der Waals surface area contributed by atoms with Crippen molar-refractivity contribution in [1.29, 1.82) is 0 Å². The third-order valence-electron chi connectivity index (χ3n) is 4.53. The van der Waals surface area contributed by atoms with Crippen molar-refractivity contribution < 1.29 is 0 Å². The molecule has 1 aliphatic carbocycles. The van der Waals surface area contributed by atoms with Crippen LogP contribution in [0.25, 0.3) is 0 Å². The Morgan fingerprint density at radius 2 is 2.00 bits per heavy atom. The number of aromatic nitrogens is 1. The van der Waals surface area contributed by atoms with Crippen molar-refractivity contribution in [2.24, 2.45) is 5.92 Å². The Balaban J connectivity index is 1.85. The zero-order chi connectivity index (χ0) is 12.5. The maximum Gasteiger partial charge on any atom is 0.131 e. The van der Waals surface area contributed by atoms with Crippen LogP contribution >= 0.6 is 15.9 Å². The lowest BCUT2D eigenvalue weighted by molar-refractivity contribution is 0.429. The van der Waals surface area contributed by atoms with Crippen LogP contribution in [0.2, 0.25) is 0 Å². The molecule has 0 amide bonds. The Bertz CT molecular complexity index is 427. The summed E-state index contributed by atoms with van der Waals surface area (Å²) in [6.45, 7) is 3.37. The summed E-state index contributed by atoms with van der Waals surface area (Å²) in [5.41, 5.74) is 1.30. The van der Waals surface area contributed by atoms with E-state index in [0.717, 1.165) is 16.4 Å². The second kappa shape index (κ2) is 5.20. The van der Waals surface area contributed by atoms with E-state index in [1.807, 2.05) is 6.20 Å². The Morgan fingerprint density at radius 1 is 1.22 bits per heavy atom.